The van der Waals surface area contributed by atoms with E-state index in [-0.39, 0.29) is 0 Å². The molecule has 1 aliphatic heterocycles. The van der Waals surface area contributed by atoms with Crippen LogP contribution >= 0.6 is 11.6 Å². The molecule has 2 heterocycles. The van der Waals surface area contributed by atoms with Crippen molar-refractivity contribution in [1.82, 2.24) is 10.3 Å². The zero-order chi connectivity index (χ0) is 9.10. The third-order valence-corrected chi connectivity index (χ3v) is 2.81. The Bertz CT molecular complexity index is 282. The minimum atomic E-state index is 0.434. The van der Waals surface area contributed by atoms with Gasteiger partial charge in [-0.25, -0.2) is 0 Å². The van der Waals surface area contributed by atoms with Crippen molar-refractivity contribution in [1.29, 1.82) is 0 Å². The minimum absolute atomic E-state index is 0.434. The molecule has 1 atom stereocenters. The molecule has 0 aromatic carbocycles. The highest BCUT2D eigenvalue weighted by molar-refractivity contribution is 6.31. The number of aromatic nitrogens is 1. The number of rotatable bonds is 1. The van der Waals surface area contributed by atoms with Gasteiger partial charge in [-0.1, -0.05) is 18.0 Å². The molecule has 1 aromatic rings. The van der Waals surface area contributed by atoms with Gasteiger partial charge < -0.3 is 5.32 Å². The van der Waals surface area contributed by atoms with Crippen molar-refractivity contribution >= 4 is 11.6 Å². The highest BCUT2D eigenvalue weighted by Gasteiger charge is 2.16. The Hall–Kier alpha value is -0.600. The lowest BCUT2D eigenvalue weighted by Crippen LogP contribution is -2.26. The first-order valence-corrected chi connectivity index (χ1v) is 5.08. The Morgan fingerprint density at radius 2 is 2.38 bits per heavy atom. The van der Waals surface area contributed by atoms with E-state index in [4.69, 9.17) is 11.6 Å². The smallest absolute Gasteiger partial charge is 0.0637 e. The molecule has 0 saturated carbocycles. The van der Waals surface area contributed by atoms with Gasteiger partial charge in [-0.05, 0) is 31.0 Å². The van der Waals surface area contributed by atoms with Crippen LogP contribution in [0.5, 0.6) is 0 Å². The molecule has 13 heavy (non-hydrogen) atoms. The number of nitrogens with zero attached hydrogens (tertiary/aromatic N) is 1. The quantitative estimate of drug-likeness (QED) is 0.747. The lowest BCUT2D eigenvalue weighted by molar-refractivity contribution is 0.412. The van der Waals surface area contributed by atoms with Gasteiger partial charge in [0.25, 0.3) is 0 Å². The molecular weight excluding hydrogens is 184 g/mol. The van der Waals surface area contributed by atoms with Gasteiger partial charge in [-0.15, -0.1) is 0 Å². The lowest BCUT2D eigenvalue weighted by Gasteiger charge is -2.24. The number of nitrogens with one attached hydrogen (secondary N) is 1. The molecular formula is C10H13ClN2. The maximum atomic E-state index is 6.06. The molecule has 1 saturated heterocycles. The highest BCUT2D eigenvalue weighted by Crippen LogP contribution is 2.27. The second kappa shape index (κ2) is 4.07. The van der Waals surface area contributed by atoms with Gasteiger partial charge in [-0.3, -0.25) is 4.98 Å². The van der Waals surface area contributed by atoms with Gasteiger partial charge in [0, 0.05) is 18.4 Å². The summed E-state index contributed by atoms with van der Waals surface area (Å²) in [6, 6.07) is 2.44. The van der Waals surface area contributed by atoms with E-state index in [0.717, 1.165) is 11.6 Å². The number of hydrogen-bond donors (Lipinski definition) is 1. The largest absolute Gasteiger partial charge is 0.310 e. The van der Waals surface area contributed by atoms with Gasteiger partial charge in [0.2, 0.25) is 0 Å². The summed E-state index contributed by atoms with van der Waals surface area (Å²) in [5.74, 6) is 0. The van der Waals surface area contributed by atoms with Crippen LogP contribution in [-0.4, -0.2) is 11.5 Å². The van der Waals surface area contributed by atoms with Crippen molar-refractivity contribution < 1.29 is 0 Å². The molecule has 1 fully saturated rings. The summed E-state index contributed by atoms with van der Waals surface area (Å²) in [6.45, 7) is 1.10. The summed E-state index contributed by atoms with van der Waals surface area (Å²) in [7, 11) is 0. The van der Waals surface area contributed by atoms with Crippen molar-refractivity contribution in [3.63, 3.8) is 0 Å². The van der Waals surface area contributed by atoms with Crippen LogP contribution in [0.1, 0.15) is 30.9 Å². The van der Waals surface area contributed by atoms with E-state index in [1.54, 1.807) is 12.4 Å². The van der Waals surface area contributed by atoms with E-state index >= 15 is 0 Å². The molecule has 0 aliphatic carbocycles. The summed E-state index contributed by atoms with van der Waals surface area (Å²) >= 11 is 6.06. The summed E-state index contributed by atoms with van der Waals surface area (Å²) in [6.07, 6.45) is 7.27. The van der Waals surface area contributed by atoms with E-state index < -0.39 is 0 Å². The van der Waals surface area contributed by atoms with Crippen molar-refractivity contribution in [2.24, 2.45) is 0 Å². The summed E-state index contributed by atoms with van der Waals surface area (Å²) in [5, 5.41) is 4.24. The summed E-state index contributed by atoms with van der Waals surface area (Å²) < 4.78 is 0. The van der Waals surface area contributed by atoms with E-state index in [1.165, 1.54) is 24.8 Å². The molecule has 0 amide bonds. The Morgan fingerprint density at radius 1 is 1.46 bits per heavy atom. The zero-order valence-electron chi connectivity index (χ0n) is 7.46. The summed E-state index contributed by atoms with van der Waals surface area (Å²) in [4.78, 5) is 3.98. The van der Waals surface area contributed by atoms with Crippen molar-refractivity contribution in [3.8, 4) is 0 Å². The fourth-order valence-corrected chi connectivity index (χ4v) is 2.04. The van der Waals surface area contributed by atoms with Crippen molar-refractivity contribution in [2.45, 2.75) is 25.3 Å². The molecule has 0 unspecified atom stereocenters. The van der Waals surface area contributed by atoms with E-state index in [9.17, 15) is 0 Å². The van der Waals surface area contributed by atoms with Crippen LogP contribution in [0.15, 0.2) is 18.5 Å². The second-order valence-electron chi connectivity index (χ2n) is 3.40. The number of piperidine rings is 1. The van der Waals surface area contributed by atoms with Gasteiger partial charge in [0.15, 0.2) is 0 Å². The second-order valence-corrected chi connectivity index (χ2v) is 3.81. The zero-order valence-corrected chi connectivity index (χ0v) is 8.22. The Kier molecular flexibility index (Phi) is 2.81. The predicted octanol–water partition coefficient (Wildman–Crippen LogP) is 2.55. The minimum Gasteiger partial charge on any atom is -0.310 e. The standard InChI is InChI=1S/C10H13ClN2/c11-9-7-12-6-4-8(9)10-3-1-2-5-13-10/h4,6-7,10,13H,1-3,5H2/t10-/m0/s1. The Labute approximate surface area is 83.3 Å². The first-order valence-electron chi connectivity index (χ1n) is 4.71. The van der Waals surface area contributed by atoms with Crippen LogP contribution in [0.3, 0.4) is 0 Å². The molecule has 1 aliphatic rings. The molecule has 0 bridgehead atoms. The maximum absolute atomic E-state index is 6.06. The average Bonchev–Trinajstić information content (AvgIpc) is 2.20. The predicted molar refractivity (Wildman–Crippen MR) is 53.8 cm³/mol. The normalized spacial score (nSPS) is 23.0. The Morgan fingerprint density at radius 3 is 3.08 bits per heavy atom. The van der Waals surface area contributed by atoms with E-state index in [1.807, 2.05) is 6.07 Å². The van der Waals surface area contributed by atoms with E-state index in [2.05, 4.69) is 10.3 Å². The number of halogens is 1. The highest BCUT2D eigenvalue weighted by atomic mass is 35.5. The third-order valence-electron chi connectivity index (χ3n) is 2.49. The average molecular weight is 197 g/mol. The molecule has 0 radical (unpaired) electrons. The van der Waals surface area contributed by atoms with Crippen molar-refractivity contribution in [3.05, 3.63) is 29.0 Å². The SMILES string of the molecule is Clc1cnccc1[C@@H]1CCCCN1. The molecule has 2 nitrogen and oxygen atoms in total. The van der Waals surface area contributed by atoms with E-state index in [0.29, 0.717) is 6.04 Å². The molecule has 70 valence electrons. The van der Waals surface area contributed by atoms with Crippen LogP contribution in [0, 0.1) is 0 Å². The fraction of sp³-hybridized carbons (Fsp3) is 0.500. The molecule has 1 N–H and O–H groups in total. The van der Waals surface area contributed by atoms with Gasteiger partial charge in [-0.2, -0.15) is 0 Å². The fourth-order valence-electron chi connectivity index (χ4n) is 1.79. The molecule has 0 spiro atoms. The Balaban J connectivity index is 2.18. The van der Waals surface area contributed by atoms with Crippen LogP contribution in [0.25, 0.3) is 0 Å². The first-order chi connectivity index (χ1) is 6.38. The molecule has 2 rings (SSSR count). The van der Waals surface area contributed by atoms with Gasteiger partial charge in [0.1, 0.15) is 0 Å². The van der Waals surface area contributed by atoms with Crippen LogP contribution in [-0.2, 0) is 0 Å². The topological polar surface area (TPSA) is 24.9 Å². The first kappa shape index (κ1) is 8.97. The van der Waals surface area contributed by atoms with Crippen LogP contribution < -0.4 is 5.32 Å². The summed E-state index contributed by atoms with van der Waals surface area (Å²) in [5.41, 5.74) is 1.19. The molecule has 3 heteroatoms. The van der Waals surface area contributed by atoms with Gasteiger partial charge in [0.05, 0.1) is 5.02 Å². The monoisotopic (exact) mass is 196 g/mol. The van der Waals surface area contributed by atoms with Crippen molar-refractivity contribution in [2.75, 3.05) is 6.54 Å². The van der Waals surface area contributed by atoms with Crippen LogP contribution in [0.2, 0.25) is 5.02 Å². The molecule has 1 aromatic heterocycles. The maximum Gasteiger partial charge on any atom is 0.0637 e. The lowest BCUT2D eigenvalue weighted by atomic mass is 9.98. The number of pyridine rings is 1. The number of hydrogen-bond acceptors (Lipinski definition) is 2. The van der Waals surface area contributed by atoms with Crippen LogP contribution in [0.4, 0.5) is 0 Å². The van der Waals surface area contributed by atoms with Gasteiger partial charge >= 0.3 is 0 Å². The third kappa shape index (κ3) is 2.01.